The van der Waals surface area contributed by atoms with Gasteiger partial charge in [-0.1, -0.05) is 0 Å². The highest BCUT2D eigenvalue weighted by Crippen LogP contribution is 2.46. The van der Waals surface area contributed by atoms with E-state index in [9.17, 15) is 5.11 Å². The van der Waals surface area contributed by atoms with Crippen LogP contribution in [0.4, 0.5) is 0 Å². The molecule has 0 unspecified atom stereocenters. The zero-order chi connectivity index (χ0) is 9.54. The molecular weight excluding hydrogens is 172 g/mol. The summed E-state index contributed by atoms with van der Waals surface area (Å²) in [5.74, 6) is 0. The predicted octanol–water partition coefficient (Wildman–Crippen LogP) is 3.10. The fourth-order valence-corrected chi connectivity index (χ4v) is 3.36. The van der Waals surface area contributed by atoms with Crippen molar-refractivity contribution >= 4 is 0 Å². The molecule has 0 saturated carbocycles. The Hall–Kier alpha value is -0.560. The number of aliphatic hydroxyl groups is 1. The van der Waals surface area contributed by atoms with Crippen LogP contribution >= 0.6 is 0 Å². The van der Waals surface area contributed by atoms with Crippen LogP contribution in [0.25, 0.3) is 0 Å². The van der Waals surface area contributed by atoms with Crippen molar-refractivity contribution in [3.63, 3.8) is 0 Å². The lowest BCUT2D eigenvalue weighted by atomic mass is 9.87. The van der Waals surface area contributed by atoms with Crippen LogP contribution in [0.15, 0.2) is 22.3 Å². The predicted molar refractivity (Wildman–Crippen MR) is 57.0 cm³/mol. The van der Waals surface area contributed by atoms with Gasteiger partial charge in [0.15, 0.2) is 0 Å². The zero-order valence-corrected chi connectivity index (χ0v) is 8.68. The maximum atomic E-state index is 10.2. The Kier molecular flexibility index (Phi) is 2.01. The molecule has 0 bridgehead atoms. The van der Waals surface area contributed by atoms with Crippen LogP contribution in [0.3, 0.4) is 0 Å². The Bertz CT molecular complexity index is 290. The summed E-state index contributed by atoms with van der Waals surface area (Å²) in [6.07, 6.45) is 9.88. The average molecular weight is 190 g/mol. The highest BCUT2D eigenvalue weighted by Gasteiger charge is 2.33. The fourth-order valence-electron chi connectivity index (χ4n) is 3.36. The van der Waals surface area contributed by atoms with Crippen molar-refractivity contribution in [1.29, 1.82) is 0 Å². The van der Waals surface area contributed by atoms with E-state index in [0.29, 0.717) is 0 Å². The summed E-state index contributed by atoms with van der Waals surface area (Å²) in [5.41, 5.74) is 5.92. The zero-order valence-electron chi connectivity index (χ0n) is 8.68. The Labute approximate surface area is 85.5 Å². The van der Waals surface area contributed by atoms with E-state index in [-0.39, 0.29) is 6.10 Å². The first-order valence-corrected chi connectivity index (χ1v) is 6.00. The smallest absolute Gasteiger partial charge is 0.0972 e. The molecule has 3 aliphatic carbocycles. The molecule has 0 saturated heterocycles. The first-order valence-electron chi connectivity index (χ1n) is 6.00. The molecule has 14 heavy (non-hydrogen) atoms. The van der Waals surface area contributed by atoms with E-state index < -0.39 is 0 Å². The third kappa shape index (κ3) is 1.12. The Morgan fingerprint density at radius 2 is 1.14 bits per heavy atom. The van der Waals surface area contributed by atoms with Gasteiger partial charge in [-0.15, -0.1) is 0 Å². The summed E-state index contributed by atoms with van der Waals surface area (Å²) in [5, 5.41) is 10.2. The van der Waals surface area contributed by atoms with Crippen molar-refractivity contribution in [3.05, 3.63) is 22.3 Å². The minimum absolute atomic E-state index is 0.166. The van der Waals surface area contributed by atoms with E-state index in [1.807, 2.05) is 0 Å². The highest BCUT2D eigenvalue weighted by molar-refractivity contribution is 5.52. The number of allylic oxidation sites excluding steroid dienone is 2. The minimum Gasteiger partial charge on any atom is -0.384 e. The first-order chi connectivity index (χ1) is 6.88. The van der Waals surface area contributed by atoms with E-state index in [1.54, 1.807) is 11.1 Å². The third-order valence-corrected chi connectivity index (χ3v) is 4.05. The van der Waals surface area contributed by atoms with E-state index in [4.69, 9.17) is 0 Å². The van der Waals surface area contributed by atoms with Crippen LogP contribution in [0.2, 0.25) is 0 Å². The van der Waals surface area contributed by atoms with Crippen molar-refractivity contribution in [2.24, 2.45) is 0 Å². The van der Waals surface area contributed by atoms with Gasteiger partial charge in [0.05, 0.1) is 6.10 Å². The van der Waals surface area contributed by atoms with Crippen molar-refractivity contribution in [2.45, 2.75) is 57.5 Å². The second-order valence-corrected chi connectivity index (χ2v) is 4.82. The van der Waals surface area contributed by atoms with E-state index >= 15 is 0 Å². The van der Waals surface area contributed by atoms with Crippen molar-refractivity contribution in [1.82, 2.24) is 0 Å². The van der Waals surface area contributed by atoms with Crippen LogP contribution in [-0.2, 0) is 0 Å². The normalized spacial score (nSPS) is 28.1. The average Bonchev–Trinajstić information content (AvgIpc) is 2.55. The van der Waals surface area contributed by atoms with Crippen LogP contribution < -0.4 is 0 Å². The monoisotopic (exact) mass is 190 g/mol. The summed E-state index contributed by atoms with van der Waals surface area (Å²) in [6.45, 7) is 0. The van der Waals surface area contributed by atoms with E-state index in [0.717, 1.165) is 12.8 Å². The summed E-state index contributed by atoms with van der Waals surface area (Å²) < 4.78 is 0. The SMILES string of the molecule is OC1C2=C(CCCC2)C2=C1CCCC2. The van der Waals surface area contributed by atoms with Crippen LogP contribution in [-0.4, -0.2) is 11.2 Å². The Morgan fingerprint density at radius 3 is 1.64 bits per heavy atom. The fraction of sp³-hybridized carbons (Fsp3) is 0.692. The van der Waals surface area contributed by atoms with E-state index in [2.05, 4.69) is 0 Å². The van der Waals surface area contributed by atoms with Gasteiger partial charge in [0.25, 0.3) is 0 Å². The van der Waals surface area contributed by atoms with Gasteiger partial charge in [-0.05, 0) is 73.7 Å². The summed E-state index contributed by atoms with van der Waals surface area (Å²) >= 11 is 0. The number of hydrogen-bond donors (Lipinski definition) is 1. The Morgan fingerprint density at radius 1 is 0.714 bits per heavy atom. The molecule has 0 aromatic heterocycles. The maximum absolute atomic E-state index is 10.2. The number of fused-ring (bicyclic) bond motifs is 1. The number of aliphatic hydroxyl groups excluding tert-OH is 1. The molecule has 1 N–H and O–H groups in total. The van der Waals surface area contributed by atoms with Crippen LogP contribution in [0.5, 0.6) is 0 Å². The molecule has 0 radical (unpaired) electrons. The molecule has 3 aliphatic rings. The van der Waals surface area contributed by atoms with Gasteiger partial charge < -0.3 is 5.11 Å². The molecule has 1 nitrogen and oxygen atoms in total. The van der Waals surface area contributed by atoms with Crippen molar-refractivity contribution in [2.75, 3.05) is 0 Å². The van der Waals surface area contributed by atoms with Crippen molar-refractivity contribution < 1.29 is 5.11 Å². The molecule has 0 aromatic carbocycles. The van der Waals surface area contributed by atoms with Crippen LogP contribution in [0, 0.1) is 0 Å². The standard InChI is InChI=1S/C13H18O/c14-13-11-7-3-1-5-9(11)10-6-2-4-8-12(10)13/h13-14H,1-8H2. The minimum atomic E-state index is -0.166. The Balaban J connectivity index is 2.02. The highest BCUT2D eigenvalue weighted by atomic mass is 16.3. The molecule has 0 atom stereocenters. The molecule has 0 amide bonds. The molecule has 76 valence electrons. The lowest BCUT2D eigenvalue weighted by Gasteiger charge is -2.18. The molecule has 3 rings (SSSR count). The summed E-state index contributed by atoms with van der Waals surface area (Å²) in [4.78, 5) is 0. The number of rotatable bonds is 0. The van der Waals surface area contributed by atoms with Gasteiger partial charge in [-0.3, -0.25) is 0 Å². The maximum Gasteiger partial charge on any atom is 0.0972 e. The third-order valence-electron chi connectivity index (χ3n) is 4.05. The quantitative estimate of drug-likeness (QED) is 0.622. The summed E-state index contributed by atoms with van der Waals surface area (Å²) in [6, 6.07) is 0. The van der Waals surface area contributed by atoms with Crippen molar-refractivity contribution in [3.8, 4) is 0 Å². The van der Waals surface area contributed by atoms with Crippen LogP contribution in [0.1, 0.15) is 51.4 Å². The molecule has 1 heteroatoms. The molecular formula is C13H18O. The second kappa shape index (κ2) is 3.23. The number of hydrogen-bond acceptors (Lipinski definition) is 1. The molecule has 0 aliphatic heterocycles. The topological polar surface area (TPSA) is 20.2 Å². The van der Waals surface area contributed by atoms with Gasteiger partial charge in [0.2, 0.25) is 0 Å². The molecule has 0 spiro atoms. The lowest BCUT2D eigenvalue weighted by molar-refractivity contribution is 0.236. The lowest BCUT2D eigenvalue weighted by Crippen LogP contribution is -2.12. The van der Waals surface area contributed by atoms with Gasteiger partial charge in [-0.2, -0.15) is 0 Å². The largest absolute Gasteiger partial charge is 0.384 e. The van der Waals surface area contributed by atoms with Gasteiger partial charge in [-0.25, -0.2) is 0 Å². The van der Waals surface area contributed by atoms with Gasteiger partial charge >= 0.3 is 0 Å². The van der Waals surface area contributed by atoms with Gasteiger partial charge in [0, 0.05) is 0 Å². The molecule has 0 fully saturated rings. The van der Waals surface area contributed by atoms with Gasteiger partial charge in [0.1, 0.15) is 0 Å². The second-order valence-electron chi connectivity index (χ2n) is 4.82. The van der Waals surface area contributed by atoms with E-state index in [1.165, 1.54) is 49.7 Å². The summed E-state index contributed by atoms with van der Waals surface area (Å²) in [7, 11) is 0. The first kappa shape index (κ1) is 8.72. The molecule has 0 aromatic rings. The molecule has 0 heterocycles.